The number of hydrogen-bond acceptors (Lipinski definition) is 4. The van der Waals surface area contributed by atoms with Crippen molar-refractivity contribution in [2.24, 2.45) is 16.9 Å². The average Bonchev–Trinajstić information content (AvgIpc) is 2.89. The van der Waals surface area contributed by atoms with Gasteiger partial charge in [0.05, 0.1) is 5.92 Å². The van der Waals surface area contributed by atoms with Crippen LogP contribution in [0.3, 0.4) is 0 Å². The zero-order valence-corrected chi connectivity index (χ0v) is 15.5. The van der Waals surface area contributed by atoms with Crippen molar-refractivity contribution < 1.29 is 27.8 Å². The van der Waals surface area contributed by atoms with Crippen LogP contribution in [0.4, 0.5) is 13.2 Å². The zero-order valence-electron chi connectivity index (χ0n) is 15.5. The van der Waals surface area contributed by atoms with Crippen molar-refractivity contribution in [3.05, 3.63) is 29.3 Å². The number of carbonyl (C=O) groups excluding carboxylic acids is 1. The topological polar surface area (TPSA) is 62.1 Å². The summed E-state index contributed by atoms with van der Waals surface area (Å²) in [6, 6.07) is 5.14. The fourth-order valence-electron chi connectivity index (χ4n) is 3.67. The van der Waals surface area contributed by atoms with Crippen LogP contribution in [-0.4, -0.2) is 40.2 Å². The number of hydrogen-bond donors (Lipinski definition) is 1. The molecule has 0 saturated heterocycles. The molecule has 1 heterocycles. The molecule has 1 aromatic rings. The van der Waals surface area contributed by atoms with Crippen molar-refractivity contribution in [2.45, 2.75) is 51.9 Å². The molecule has 0 radical (unpaired) electrons. The maximum absolute atomic E-state index is 13.8. The second-order valence-electron chi connectivity index (χ2n) is 7.49. The number of nitrogens with zero attached hydrogens (tertiary/aromatic N) is 2. The normalized spacial score (nSPS) is 28.0. The van der Waals surface area contributed by atoms with Crippen LogP contribution < -0.4 is 4.74 Å². The average molecular weight is 384 g/mol. The molecule has 1 amide bonds. The van der Waals surface area contributed by atoms with Gasteiger partial charge in [-0.2, -0.15) is 23.3 Å². The first kappa shape index (κ1) is 19.7. The van der Waals surface area contributed by atoms with Crippen molar-refractivity contribution in [2.75, 3.05) is 6.61 Å². The van der Waals surface area contributed by atoms with Gasteiger partial charge in [0.25, 0.3) is 11.6 Å². The molecule has 1 aromatic carbocycles. The number of rotatable bonds is 3. The lowest BCUT2D eigenvalue weighted by Gasteiger charge is -2.39. The van der Waals surface area contributed by atoms with Gasteiger partial charge in [-0.05, 0) is 62.3 Å². The van der Waals surface area contributed by atoms with Gasteiger partial charge in [-0.1, -0.05) is 13.0 Å². The van der Waals surface area contributed by atoms with Gasteiger partial charge in [0.1, 0.15) is 5.75 Å². The number of alkyl halides is 3. The van der Waals surface area contributed by atoms with E-state index in [1.165, 1.54) is 0 Å². The standard InChI is InChI=1S/C19H23F3N2O3/c1-11-4-7-16-15(8-11)18(26,19(20,21)22)24(23-16)17(25)10-27-14-6-5-12(2)13(3)9-14/h5-6,9,11,15,26H,4,7-8,10H2,1-3H3/t11-,15+,18+/m0/s1. The summed E-state index contributed by atoms with van der Waals surface area (Å²) in [6.07, 6.45) is -3.86. The maximum atomic E-state index is 13.8. The predicted molar refractivity (Wildman–Crippen MR) is 93.2 cm³/mol. The second kappa shape index (κ2) is 6.82. The monoisotopic (exact) mass is 384 g/mol. The quantitative estimate of drug-likeness (QED) is 0.867. The van der Waals surface area contributed by atoms with E-state index >= 15 is 0 Å². The minimum Gasteiger partial charge on any atom is -0.484 e. The fraction of sp³-hybridized carbons (Fsp3) is 0.579. The third-order valence-corrected chi connectivity index (χ3v) is 5.46. The van der Waals surface area contributed by atoms with Crippen molar-refractivity contribution >= 4 is 11.6 Å². The number of halogens is 3. The number of benzene rings is 1. The number of aliphatic hydroxyl groups is 1. The third kappa shape index (κ3) is 3.42. The Morgan fingerprint density at radius 1 is 1.37 bits per heavy atom. The Morgan fingerprint density at radius 3 is 2.70 bits per heavy atom. The Kier molecular flexibility index (Phi) is 4.96. The van der Waals surface area contributed by atoms with E-state index in [-0.39, 0.29) is 23.1 Å². The lowest BCUT2D eigenvalue weighted by Crippen LogP contribution is -2.62. The largest absolute Gasteiger partial charge is 0.484 e. The predicted octanol–water partition coefficient (Wildman–Crippen LogP) is 3.57. The Morgan fingerprint density at radius 2 is 2.07 bits per heavy atom. The van der Waals surface area contributed by atoms with Crippen molar-refractivity contribution in [3.63, 3.8) is 0 Å². The molecular weight excluding hydrogens is 361 g/mol. The van der Waals surface area contributed by atoms with Crippen LogP contribution in [-0.2, 0) is 4.79 Å². The first-order chi connectivity index (χ1) is 12.5. The summed E-state index contributed by atoms with van der Waals surface area (Å²) in [5, 5.41) is 14.6. The molecule has 27 heavy (non-hydrogen) atoms. The second-order valence-corrected chi connectivity index (χ2v) is 7.49. The van der Waals surface area contributed by atoms with Gasteiger partial charge >= 0.3 is 6.18 Å². The Hall–Kier alpha value is -2.09. The SMILES string of the molecule is Cc1ccc(OCC(=O)N2N=C3CC[C@H](C)C[C@H]3[C@@]2(O)C(F)(F)F)cc1C. The van der Waals surface area contributed by atoms with Gasteiger partial charge in [0.15, 0.2) is 6.61 Å². The molecule has 2 aliphatic rings. The van der Waals surface area contributed by atoms with E-state index in [1.807, 2.05) is 20.8 Å². The van der Waals surface area contributed by atoms with E-state index in [0.29, 0.717) is 18.6 Å². The van der Waals surface area contributed by atoms with Crippen molar-refractivity contribution in [1.82, 2.24) is 5.01 Å². The van der Waals surface area contributed by atoms with Crippen LogP contribution in [0.15, 0.2) is 23.3 Å². The van der Waals surface area contributed by atoms with E-state index < -0.39 is 30.3 Å². The smallest absolute Gasteiger partial charge is 0.439 e. The molecular formula is C19H23F3N2O3. The van der Waals surface area contributed by atoms with Crippen LogP contribution >= 0.6 is 0 Å². The number of ether oxygens (including phenoxy) is 1. The first-order valence-corrected chi connectivity index (χ1v) is 8.93. The van der Waals surface area contributed by atoms with Gasteiger partial charge in [-0.15, -0.1) is 0 Å². The Bertz CT molecular complexity index is 778. The van der Waals surface area contributed by atoms with Crippen LogP contribution in [0.2, 0.25) is 0 Å². The summed E-state index contributed by atoms with van der Waals surface area (Å²) in [6.45, 7) is 4.97. The molecule has 8 heteroatoms. The molecule has 5 nitrogen and oxygen atoms in total. The fourth-order valence-corrected chi connectivity index (χ4v) is 3.67. The molecule has 1 aliphatic heterocycles. The lowest BCUT2D eigenvalue weighted by atomic mass is 9.76. The minimum atomic E-state index is -5.02. The van der Waals surface area contributed by atoms with Crippen LogP contribution in [0.5, 0.6) is 5.75 Å². The molecule has 148 valence electrons. The molecule has 3 atom stereocenters. The Labute approximate surface area is 155 Å². The van der Waals surface area contributed by atoms with Gasteiger partial charge in [-0.25, -0.2) is 0 Å². The molecule has 0 unspecified atom stereocenters. The summed E-state index contributed by atoms with van der Waals surface area (Å²) in [7, 11) is 0. The van der Waals surface area contributed by atoms with E-state index in [1.54, 1.807) is 18.2 Å². The number of hydrazone groups is 1. The van der Waals surface area contributed by atoms with E-state index in [2.05, 4.69) is 5.10 Å². The summed E-state index contributed by atoms with van der Waals surface area (Å²) >= 11 is 0. The van der Waals surface area contributed by atoms with E-state index in [4.69, 9.17) is 4.74 Å². The molecule has 1 saturated carbocycles. The number of amides is 1. The van der Waals surface area contributed by atoms with Crippen molar-refractivity contribution in [3.8, 4) is 5.75 Å². The number of aryl methyl sites for hydroxylation is 2. The van der Waals surface area contributed by atoms with Crippen LogP contribution in [0, 0.1) is 25.7 Å². The van der Waals surface area contributed by atoms with Crippen molar-refractivity contribution in [1.29, 1.82) is 0 Å². The zero-order chi connectivity index (χ0) is 20.0. The molecule has 0 spiro atoms. The highest BCUT2D eigenvalue weighted by molar-refractivity contribution is 5.93. The molecule has 3 rings (SSSR count). The minimum absolute atomic E-state index is 0.0182. The number of carbonyl (C=O) groups is 1. The molecule has 0 aromatic heterocycles. The lowest BCUT2D eigenvalue weighted by molar-refractivity contribution is -0.318. The maximum Gasteiger partial charge on any atom is 0.439 e. The molecule has 1 N–H and O–H groups in total. The van der Waals surface area contributed by atoms with E-state index in [0.717, 1.165) is 11.1 Å². The summed E-state index contributed by atoms with van der Waals surface area (Å²) in [4.78, 5) is 12.5. The van der Waals surface area contributed by atoms with Crippen LogP contribution in [0.25, 0.3) is 0 Å². The van der Waals surface area contributed by atoms with Gasteiger partial charge in [-0.3, -0.25) is 4.79 Å². The highest BCUT2D eigenvalue weighted by Crippen LogP contribution is 2.49. The highest BCUT2D eigenvalue weighted by Gasteiger charge is 2.68. The first-order valence-electron chi connectivity index (χ1n) is 8.93. The molecule has 0 bridgehead atoms. The summed E-state index contributed by atoms with van der Waals surface area (Å²) < 4.78 is 46.6. The van der Waals surface area contributed by atoms with E-state index in [9.17, 15) is 23.1 Å². The Balaban J connectivity index is 1.81. The molecule has 1 fully saturated rings. The third-order valence-electron chi connectivity index (χ3n) is 5.46. The molecule has 1 aliphatic carbocycles. The number of fused-ring (bicyclic) bond motifs is 1. The van der Waals surface area contributed by atoms with Gasteiger partial charge in [0, 0.05) is 5.71 Å². The summed E-state index contributed by atoms with van der Waals surface area (Å²) in [5.74, 6) is -1.86. The van der Waals surface area contributed by atoms with Gasteiger partial charge < -0.3 is 9.84 Å². The highest BCUT2D eigenvalue weighted by atomic mass is 19.4. The summed E-state index contributed by atoms with van der Waals surface area (Å²) in [5.41, 5.74) is -1.12. The van der Waals surface area contributed by atoms with Gasteiger partial charge in [0.2, 0.25) is 0 Å². The van der Waals surface area contributed by atoms with Crippen LogP contribution in [0.1, 0.15) is 37.3 Å².